The number of hydrogen-bond acceptors (Lipinski definition) is 4. The SMILES string of the molecule is O=C(O)c1ccccc1N/N=C(\N=Nc1ccccc1)c1ccccc1. The van der Waals surface area contributed by atoms with Crippen molar-refractivity contribution in [3.63, 3.8) is 0 Å². The van der Waals surface area contributed by atoms with Crippen molar-refractivity contribution in [2.45, 2.75) is 0 Å². The summed E-state index contributed by atoms with van der Waals surface area (Å²) >= 11 is 0. The summed E-state index contributed by atoms with van der Waals surface area (Å²) in [5.74, 6) is -0.690. The molecular weight excluding hydrogens is 328 g/mol. The van der Waals surface area contributed by atoms with Gasteiger partial charge in [-0.15, -0.1) is 10.2 Å². The zero-order valence-corrected chi connectivity index (χ0v) is 13.8. The average Bonchev–Trinajstić information content (AvgIpc) is 2.69. The predicted molar refractivity (Wildman–Crippen MR) is 101 cm³/mol. The van der Waals surface area contributed by atoms with Crippen LogP contribution in [0.25, 0.3) is 0 Å². The first-order valence-electron chi connectivity index (χ1n) is 7.92. The molecule has 0 aliphatic heterocycles. The van der Waals surface area contributed by atoms with Gasteiger partial charge in [-0.1, -0.05) is 60.7 Å². The number of rotatable bonds is 5. The third kappa shape index (κ3) is 4.39. The van der Waals surface area contributed by atoms with Crippen LogP contribution in [0.15, 0.2) is 100 Å². The van der Waals surface area contributed by atoms with Crippen LogP contribution in [0, 0.1) is 0 Å². The zero-order chi connectivity index (χ0) is 18.2. The molecule has 3 aromatic rings. The average molecular weight is 344 g/mol. The number of anilines is 1. The molecule has 0 saturated heterocycles. The molecule has 3 aromatic carbocycles. The van der Waals surface area contributed by atoms with Crippen molar-refractivity contribution in [2.75, 3.05) is 5.43 Å². The summed E-state index contributed by atoms with van der Waals surface area (Å²) < 4.78 is 0. The molecule has 0 amide bonds. The Balaban J connectivity index is 1.92. The first kappa shape index (κ1) is 17.0. The van der Waals surface area contributed by atoms with Gasteiger partial charge in [-0.3, -0.25) is 5.43 Å². The van der Waals surface area contributed by atoms with Gasteiger partial charge in [0.1, 0.15) is 0 Å². The Kier molecular flexibility index (Phi) is 5.47. The summed E-state index contributed by atoms with van der Waals surface area (Å²) in [4.78, 5) is 11.3. The van der Waals surface area contributed by atoms with Crippen molar-refractivity contribution in [3.05, 3.63) is 96.1 Å². The molecule has 0 fully saturated rings. The minimum absolute atomic E-state index is 0.128. The molecule has 6 nitrogen and oxygen atoms in total. The Hall–Kier alpha value is -3.80. The van der Waals surface area contributed by atoms with Crippen molar-refractivity contribution in [1.82, 2.24) is 0 Å². The van der Waals surface area contributed by atoms with E-state index < -0.39 is 5.97 Å². The molecule has 0 unspecified atom stereocenters. The number of para-hydroxylation sites is 1. The van der Waals surface area contributed by atoms with Crippen LogP contribution in [-0.4, -0.2) is 16.9 Å². The second-order valence-electron chi connectivity index (χ2n) is 5.30. The van der Waals surface area contributed by atoms with E-state index in [1.807, 2.05) is 60.7 Å². The van der Waals surface area contributed by atoms with Crippen LogP contribution >= 0.6 is 0 Å². The maximum Gasteiger partial charge on any atom is 0.337 e. The van der Waals surface area contributed by atoms with Gasteiger partial charge in [-0.05, 0) is 24.3 Å². The first-order chi connectivity index (χ1) is 12.7. The Morgan fingerprint density at radius 2 is 1.42 bits per heavy atom. The first-order valence-corrected chi connectivity index (χ1v) is 7.92. The van der Waals surface area contributed by atoms with Crippen molar-refractivity contribution < 1.29 is 9.90 Å². The van der Waals surface area contributed by atoms with Gasteiger partial charge in [0.05, 0.1) is 16.9 Å². The molecule has 128 valence electrons. The minimum atomic E-state index is -1.03. The molecule has 0 aromatic heterocycles. The predicted octanol–water partition coefficient (Wildman–Crippen LogP) is 4.94. The molecule has 3 rings (SSSR count). The quantitative estimate of drug-likeness (QED) is 0.297. The van der Waals surface area contributed by atoms with E-state index in [2.05, 4.69) is 20.8 Å². The van der Waals surface area contributed by atoms with E-state index in [9.17, 15) is 9.90 Å². The van der Waals surface area contributed by atoms with Gasteiger partial charge in [0.15, 0.2) is 0 Å². The maximum absolute atomic E-state index is 11.3. The summed E-state index contributed by atoms with van der Waals surface area (Å²) in [7, 11) is 0. The molecule has 0 spiro atoms. The standard InChI is InChI=1S/C20H16N4O2/c25-20(26)17-13-7-8-14-18(17)22-24-19(15-9-3-1-4-10-15)23-21-16-11-5-2-6-12-16/h1-14,22H,(H,25,26)/b23-21?,24-19-. The lowest BCUT2D eigenvalue weighted by Gasteiger charge is -2.06. The van der Waals surface area contributed by atoms with Crippen molar-refractivity contribution >= 4 is 23.2 Å². The smallest absolute Gasteiger partial charge is 0.337 e. The van der Waals surface area contributed by atoms with Crippen molar-refractivity contribution in [2.24, 2.45) is 15.3 Å². The molecule has 0 aliphatic carbocycles. The summed E-state index contributed by atoms with van der Waals surface area (Å²) in [5.41, 5.74) is 4.74. The number of azo groups is 1. The third-order valence-corrected chi connectivity index (χ3v) is 3.49. The van der Waals surface area contributed by atoms with Crippen LogP contribution in [0.4, 0.5) is 11.4 Å². The van der Waals surface area contributed by atoms with Crippen molar-refractivity contribution in [3.8, 4) is 0 Å². The van der Waals surface area contributed by atoms with E-state index in [1.54, 1.807) is 18.2 Å². The summed E-state index contributed by atoms with van der Waals surface area (Å²) in [6.45, 7) is 0. The number of benzene rings is 3. The van der Waals surface area contributed by atoms with Gasteiger partial charge in [0.2, 0.25) is 5.84 Å². The van der Waals surface area contributed by atoms with E-state index >= 15 is 0 Å². The highest BCUT2D eigenvalue weighted by Crippen LogP contribution is 2.16. The normalized spacial score (nSPS) is 11.5. The molecule has 0 bridgehead atoms. The summed E-state index contributed by atoms with van der Waals surface area (Å²) in [6.07, 6.45) is 0. The van der Waals surface area contributed by atoms with E-state index in [0.717, 1.165) is 5.56 Å². The van der Waals surface area contributed by atoms with Gasteiger partial charge in [0.25, 0.3) is 0 Å². The molecule has 0 heterocycles. The van der Waals surface area contributed by atoms with E-state index in [4.69, 9.17) is 0 Å². The summed E-state index contributed by atoms with van der Waals surface area (Å²) in [5, 5.41) is 21.9. The maximum atomic E-state index is 11.3. The van der Waals surface area contributed by atoms with E-state index in [1.165, 1.54) is 6.07 Å². The van der Waals surface area contributed by atoms with Gasteiger partial charge in [-0.25, -0.2) is 4.79 Å². The molecule has 0 radical (unpaired) electrons. The Morgan fingerprint density at radius 3 is 2.12 bits per heavy atom. The number of carboxylic acid groups (broad SMARTS) is 1. The number of carbonyl (C=O) groups is 1. The van der Waals surface area contributed by atoms with Crippen molar-refractivity contribution in [1.29, 1.82) is 0 Å². The number of nitrogens with one attached hydrogen (secondary N) is 1. The summed E-state index contributed by atoms with van der Waals surface area (Å²) in [6, 6.07) is 25.2. The van der Waals surface area contributed by atoms with Crippen LogP contribution in [-0.2, 0) is 0 Å². The number of carboxylic acids is 1. The highest BCUT2D eigenvalue weighted by Gasteiger charge is 2.09. The van der Waals surface area contributed by atoms with Crippen LogP contribution < -0.4 is 5.43 Å². The van der Waals surface area contributed by atoms with Crippen LogP contribution in [0.1, 0.15) is 15.9 Å². The lowest BCUT2D eigenvalue weighted by molar-refractivity contribution is 0.0698. The zero-order valence-electron chi connectivity index (χ0n) is 13.8. The molecule has 6 heteroatoms. The monoisotopic (exact) mass is 344 g/mol. The Morgan fingerprint density at radius 1 is 0.808 bits per heavy atom. The number of aromatic carboxylic acids is 1. The third-order valence-electron chi connectivity index (χ3n) is 3.49. The van der Waals surface area contributed by atoms with Crippen LogP contribution in [0.5, 0.6) is 0 Å². The topological polar surface area (TPSA) is 86.4 Å². The second kappa shape index (κ2) is 8.34. The fourth-order valence-corrected chi connectivity index (χ4v) is 2.21. The lowest BCUT2D eigenvalue weighted by atomic mass is 10.2. The highest BCUT2D eigenvalue weighted by molar-refractivity contribution is 6.00. The Labute approximate surface area is 150 Å². The molecule has 0 saturated carbocycles. The molecule has 0 aliphatic rings. The largest absolute Gasteiger partial charge is 0.478 e. The minimum Gasteiger partial charge on any atom is -0.478 e. The molecular formula is C20H16N4O2. The Bertz CT molecular complexity index is 938. The van der Waals surface area contributed by atoms with Gasteiger partial charge in [-0.2, -0.15) is 5.10 Å². The number of nitrogens with zero attached hydrogens (tertiary/aromatic N) is 3. The fraction of sp³-hybridized carbons (Fsp3) is 0. The molecule has 26 heavy (non-hydrogen) atoms. The van der Waals surface area contributed by atoms with Gasteiger partial charge < -0.3 is 5.11 Å². The van der Waals surface area contributed by atoms with E-state index in [-0.39, 0.29) is 5.56 Å². The number of amidine groups is 1. The van der Waals surface area contributed by atoms with Crippen LogP contribution in [0.3, 0.4) is 0 Å². The molecule has 0 atom stereocenters. The van der Waals surface area contributed by atoms with Gasteiger partial charge >= 0.3 is 5.97 Å². The highest BCUT2D eigenvalue weighted by atomic mass is 16.4. The second-order valence-corrected chi connectivity index (χ2v) is 5.30. The van der Waals surface area contributed by atoms with E-state index in [0.29, 0.717) is 17.2 Å². The number of hydrazone groups is 1. The van der Waals surface area contributed by atoms with Gasteiger partial charge in [0, 0.05) is 5.56 Å². The lowest BCUT2D eigenvalue weighted by Crippen LogP contribution is -2.05. The number of hydrogen-bond donors (Lipinski definition) is 2. The fourth-order valence-electron chi connectivity index (χ4n) is 2.21. The van der Waals surface area contributed by atoms with Crippen LogP contribution in [0.2, 0.25) is 0 Å². The molecule has 2 N–H and O–H groups in total.